The number of amides is 1. The molecule has 1 amide bonds. The lowest BCUT2D eigenvalue weighted by Gasteiger charge is -2.12. The highest BCUT2D eigenvalue weighted by Gasteiger charge is 2.24. The Bertz CT molecular complexity index is 1320. The van der Waals surface area contributed by atoms with E-state index in [-0.39, 0.29) is 5.91 Å². The molecule has 3 aromatic carbocycles. The fraction of sp³-hybridized carbons (Fsp3) is 0.154. The maximum atomic E-state index is 12.5. The van der Waals surface area contributed by atoms with Crippen LogP contribution in [0.1, 0.15) is 22.3 Å². The molecular formula is C26H22Br2N2O3S. The Morgan fingerprint density at radius 3 is 2.65 bits per heavy atom. The van der Waals surface area contributed by atoms with Gasteiger partial charge < -0.3 is 14.8 Å². The van der Waals surface area contributed by atoms with E-state index in [1.165, 1.54) is 11.8 Å². The molecule has 0 saturated carbocycles. The molecule has 3 aromatic rings. The van der Waals surface area contributed by atoms with Gasteiger partial charge >= 0.3 is 0 Å². The first-order valence-electron chi connectivity index (χ1n) is 10.4. The minimum atomic E-state index is -0.173. The van der Waals surface area contributed by atoms with E-state index in [0.717, 1.165) is 36.9 Å². The Kier molecular flexibility index (Phi) is 7.80. The molecule has 174 valence electrons. The van der Waals surface area contributed by atoms with Crippen molar-refractivity contribution in [2.24, 2.45) is 4.99 Å². The Morgan fingerprint density at radius 2 is 1.88 bits per heavy atom. The van der Waals surface area contributed by atoms with Crippen LogP contribution in [0.25, 0.3) is 6.08 Å². The third-order valence-corrected chi connectivity index (χ3v) is 7.47. The highest BCUT2D eigenvalue weighted by atomic mass is 79.9. The summed E-state index contributed by atoms with van der Waals surface area (Å²) in [5.74, 6) is 1.05. The van der Waals surface area contributed by atoms with E-state index >= 15 is 0 Å². The van der Waals surface area contributed by atoms with Crippen molar-refractivity contribution in [3.8, 4) is 11.5 Å². The van der Waals surface area contributed by atoms with Gasteiger partial charge in [0.25, 0.3) is 5.91 Å². The largest absolute Gasteiger partial charge is 0.493 e. The van der Waals surface area contributed by atoms with Crippen molar-refractivity contribution in [1.29, 1.82) is 0 Å². The summed E-state index contributed by atoms with van der Waals surface area (Å²) in [4.78, 5) is 17.7. The number of halogens is 2. The molecule has 4 rings (SSSR count). The smallest absolute Gasteiger partial charge is 0.264 e. The zero-order valence-electron chi connectivity index (χ0n) is 18.8. The number of carbonyl (C=O) groups is 1. The van der Waals surface area contributed by atoms with Gasteiger partial charge in [-0.1, -0.05) is 56.1 Å². The number of carbonyl (C=O) groups excluding carboxylic acids is 1. The van der Waals surface area contributed by atoms with Crippen molar-refractivity contribution < 1.29 is 14.3 Å². The second-order valence-corrected chi connectivity index (χ2v) is 10.4. The van der Waals surface area contributed by atoms with Crippen molar-refractivity contribution in [2.45, 2.75) is 20.5 Å². The molecule has 0 aromatic heterocycles. The molecule has 0 atom stereocenters. The lowest BCUT2D eigenvalue weighted by molar-refractivity contribution is -0.115. The number of ether oxygens (including phenoxy) is 2. The molecule has 0 unspecified atom stereocenters. The van der Waals surface area contributed by atoms with Crippen LogP contribution in [0.4, 0.5) is 5.69 Å². The lowest BCUT2D eigenvalue weighted by atomic mass is 10.1. The highest BCUT2D eigenvalue weighted by molar-refractivity contribution is 9.11. The Hall–Kier alpha value is -2.55. The van der Waals surface area contributed by atoms with Gasteiger partial charge in [0.2, 0.25) is 0 Å². The minimum absolute atomic E-state index is 0.173. The summed E-state index contributed by atoms with van der Waals surface area (Å²) in [6.45, 7) is 4.46. The summed E-state index contributed by atoms with van der Waals surface area (Å²) >= 11 is 8.33. The summed E-state index contributed by atoms with van der Waals surface area (Å²) in [5.41, 5.74) is 4.96. The van der Waals surface area contributed by atoms with Crippen LogP contribution in [0.15, 0.2) is 73.4 Å². The number of thioether (sulfide) groups is 1. The van der Waals surface area contributed by atoms with Crippen LogP contribution in [0.5, 0.6) is 11.5 Å². The minimum Gasteiger partial charge on any atom is -0.493 e. The average Bonchev–Trinajstić information content (AvgIpc) is 3.15. The van der Waals surface area contributed by atoms with E-state index in [9.17, 15) is 4.79 Å². The molecule has 0 bridgehead atoms. The van der Waals surface area contributed by atoms with Crippen LogP contribution >= 0.6 is 43.6 Å². The summed E-state index contributed by atoms with van der Waals surface area (Å²) in [5, 5.41) is 3.42. The summed E-state index contributed by atoms with van der Waals surface area (Å²) in [7, 11) is 1.60. The predicted molar refractivity (Wildman–Crippen MR) is 146 cm³/mol. The molecule has 0 aliphatic carbocycles. The second-order valence-electron chi connectivity index (χ2n) is 7.64. The van der Waals surface area contributed by atoms with Gasteiger partial charge in [0.15, 0.2) is 16.7 Å². The topological polar surface area (TPSA) is 59.9 Å². The normalized spacial score (nSPS) is 15.6. The Labute approximate surface area is 219 Å². The van der Waals surface area contributed by atoms with E-state index in [2.05, 4.69) is 42.2 Å². The molecule has 8 heteroatoms. The standard InChI is InChI=1S/C26H22Br2N2O3S/c1-15-5-4-6-21(16(15)2)29-26-30-25(31)24(34-26)12-17-7-10-22(23(11-17)32-3)33-14-18-8-9-19(27)13-20(18)28/h4-13H,14H2,1-3H3,(H,29,30,31)/b24-12-. The number of hydrogen-bond acceptors (Lipinski definition) is 5. The van der Waals surface area contributed by atoms with Crippen LogP contribution in [0.2, 0.25) is 0 Å². The maximum absolute atomic E-state index is 12.5. The van der Waals surface area contributed by atoms with E-state index in [4.69, 9.17) is 9.47 Å². The molecular weight excluding hydrogens is 580 g/mol. The number of aliphatic imine (C=N–C) groups is 1. The fourth-order valence-corrected chi connectivity index (χ4v) is 5.28. The monoisotopic (exact) mass is 600 g/mol. The number of aryl methyl sites for hydroxylation is 1. The quantitative estimate of drug-likeness (QED) is 0.301. The molecule has 1 saturated heterocycles. The number of hydrogen-bond donors (Lipinski definition) is 1. The fourth-order valence-electron chi connectivity index (χ4n) is 3.29. The molecule has 1 aliphatic heterocycles. The van der Waals surface area contributed by atoms with Gasteiger partial charge in [0, 0.05) is 14.5 Å². The van der Waals surface area contributed by atoms with Crippen LogP contribution < -0.4 is 14.8 Å². The zero-order valence-corrected chi connectivity index (χ0v) is 22.8. The van der Waals surface area contributed by atoms with Crippen molar-refractivity contribution in [3.63, 3.8) is 0 Å². The van der Waals surface area contributed by atoms with Gasteiger partial charge in [-0.2, -0.15) is 0 Å². The average molecular weight is 602 g/mol. The van der Waals surface area contributed by atoms with E-state index in [0.29, 0.717) is 28.2 Å². The van der Waals surface area contributed by atoms with Crippen molar-refractivity contribution in [1.82, 2.24) is 5.32 Å². The molecule has 0 radical (unpaired) electrons. The van der Waals surface area contributed by atoms with Crippen LogP contribution in [-0.2, 0) is 11.4 Å². The number of benzene rings is 3. The number of nitrogens with one attached hydrogen (secondary N) is 1. The third-order valence-electron chi connectivity index (χ3n) is 5.33. The van der Waals surface area contributed by atoms with Gasteiger partial charge in [-0.05, 0) is 78.7 Å². The van der Waals surface area contributed by atoms with Gasteiger partial charge in [0.1, 0.15) is 6.61 Å². The van der Waals surface area contributed by atoms with Crippen molar-refractivity contribution in [3.05, 3.63) is 90.7 Å². The van der Waals surface area contributed by atoms with Gasteiger partial charge in [0.05, 0.1) is 17.7 Å². The summed E-state index contributed by atoms with van der Waals surface area (Å²) in [6.07, 6.45) is 1.82. The SMILES string of the molecule is COc1cc(/C=C2\SC(=Nc3cccc(C)c3C)NC2=O)ccc1OCc1ccc(Br)cc1Br. The molecule has 1 aliphatic rings. The molecule has 34 heavy (non-hydrogen) atoms. The number of nitrogens with zero attached hydrogens (tertiary/aromatic N) is 1. The van der Waals surface area contributed by atoms with Crippen LogP contribution in [0.3, 0.4) is 0 Å². The first kappa shape index (κ1) is 24.6. The summed E-state index contributed by atoms with van der Waals surface area (Å²) in [6, 6.07) is 17.5. The molecule has 5 nitrogen and oxygen atoms in total. The van der Waals surface area contributed by atoms with E-state index in [1.807, 2.05) is 74.5 Å². The highest BCUT2D eigenvalue weighted by Crippen LogP contribution is 2.34. The Balaban J connectivity index is 1.51. The third kappa shape index (κ3) is 5.74. The molecule has 0 spiro atoms. The van der Waals surface area contributed by atoms with Gasteiger partial charge in [-0.15, -0.1) is 0 Å². The summed E-state index contributed by atoms with van der Waals surface area (Å²) < 4.78 is 13.5. The van der Waals surface area contributed by atoms with E-state index < -0.39 is 0 Å². The molecule has 1 N–H and O–H groups in total. The van der Waals surface area contributed by atoms with Crippen molar-refractivity contribution >= 4 is 66.5 Å². The van der Waals surface area contributed by atoms with Crippen LogP contribution in [0, 0.1) is 13.8 Å². The van der Waals surface area contributed by atoms with E-state index in [1.54, 1.807) is 7.11 Å². The Morgan fingerprint density at radius 1 is 1.06 bits per heavy atom. The number of amidine groups is 1. The second kappa shape index (κ2) is 10.8. The predicted octanol–water partition coefficient (Wildman–Crippen LogP) is 7.31. The van der Waals surface area contributed by atoms with Gasteiger partial charge in [-0.3, -0.25) is 4.79 Å². The number of rotatable bonds is 6. The van der Waals surface area contributed by atoms with Gasteiger partial charge in [-0.25, -0.2) is 4.99 Å². The molecule has 1 heterocycles. The zero-order chi connectivity index (χ0) is 24.2. The first-order chi connectivity index (χ1) is 16.3. The lowest BCUT2D eigenvalue weighted by Crippen LogP contribution is -2.19. The van der Waals surface area contributed by atoms with Crippen molar-refractivity contribution in [2.75, 3.05) is 7.11 Å². The number of methoxy groups -OCH3 is 1. The maximum Gasteiger partial charge on any atom is 0.264 e. The molecule has 1 fully saturated rings. The van der Waals surface area contributed by atoms with Crippen LogP contribution in [-0.4, -0.2) is 18.2 Å². The first-order valence-corrected chi connectivity index (χ1v) is 12.8.